The Morgan fingerprint density at radius 3 is 2.48 bits per heavy atom. The zero-order valence-electron chi connectivity index (χ0n) is 26.2. The van der Waals surface area contributed by atoms with Gasteiger partial charge in [-0.25, -0.2) is 9.78 Å². The fourth-order valence-electron chi connectivity index (χ4n) is 4.70. The first-order valence-electron chi connectivity index (χ1n) is 14.7. The summed E-state index contributed by atoms with van der Waals surface area (Å²) in [7, 11) is 0. The van der Waals surface area contributed by atoms with E-state index in [9.17, 15) is 14.7 Å². The van der Waals surface area contributed by atoms with E-state index in [2.05, 4.69) is 46.9 Å². The Morgan fingerprint density at radius 2 is 1.84 bits per heavy atom. The van der Waals surface area contributed by atoms with Crippen LogP contribution < -0.4 is 15.8 Å². The van der Waals surface area contributed by atoms with Gasteiger partial charge in [-0.15, -0.1) is 6.58 Å². The molecule has 0 fully saturated rings. The Labute approximate surface area is 259 Å². The molecule has 0 bridgehead atoms. The summed E-state index contributed by atoms with van der Waals surface area (Å²) in [6.45, 7) is 15.1. The van der Waals surface area contributed by atoms with Crippen LogP contribution >= 0.6 is 0 Å². The molecule has 0 amide bonds. The molecular formula is C36H41N5O3. The van der Waals surface area contributed by atoms with E-state index in [0.717, 1.165) is 36.3 Å². The lowest BCUT2D eigenvalue weighted by Crippen LogP contribution is -2.23. The molecular weight excluding hydrogens is 550 g/mol. The number of aromatic carboxylic acids is 1. The van der Waals surface area contributed by atoms with Crippen molar-refractivity contribution < 1.29 is 9.90 Å². The maximum absolute atomic E-state index is 12.6. The number of pyridine rings is 1. The van der Waals surface area contributed by atoms with Crippen LogP contribution in [0.2, 0.25) is 0 Å². The van der Waals surface area contributed by atoms with Crippen molar-refractivity contribution in [1.82, 2.24) is 9.38 Å². The molecule has 0 saturated heterocycles. The second-order valence-corrected chi connectivity index (χ2v) is 10.6. The molecule has 4 aromatic rings. The highest BCUT2D eigenvalue weighted by Gasteiger charge is 2.17. The molecule has 228 valence electrons. The first-order valence-corrected chi connectivity index (χ1v) is 14.7. The summed E-state index contributed by atoms with van der Waals surface area (Å²) in [5.74, 6) is -0.991. The molecule has 2 aromatic carbocycles. The average molecular weight is 592 g/mol. The molecule has 0 aliphatic carbocycles. The summed E-state index contributed by atoms with van der Waals surface area (Å²) >= 11 is 0. The third kappa shape index (κ3) is 8.45. The monoisotopic (exact) mass is 591 g/mol. The van der Waals surface area contributed by atoms with Crippen LogP contribution in [0.25, 0.3) is 5.65 Å². The Balaban J connectivity index is 0.000000259. The van der Waals surface area contributed by atoms with Gasteiger partial charge in [0.05, 0.1) is 23.2 Å². The minimum Gasteiger partial charge on any atom is -0.478 e. The number of nitrogens with zero attached hydrogens (tertiary/aromatic N) is 4. The number of fused-ring (bicyclic) bond motifs is 1. The lowest BCUT2D eigenvalue weighted by Gasteiger charge is -2.21. The van der Waals surface area contributed by atoms with Gasteiger partial charge in [0, 0.05) is 47.5 Å². The van der Waals surface area contributed by atoms with Gasteiger partial charge < -0.3 is 15.3 Å². The van der Waals surface area contributed by atoms with Crippen molar-refractivity contribution >= 4 is 23.0 Å². The van der Waals surface area contributed by atoms with Crippen LogP contribution in [0.15, 0.2) is 90.4 Å². The van der Waals surface area contributed by atoms with Crippen LogP contribution in [-0.2, 0) is 0 Å². The van der Waals surface area contributed by atoms with Crippen molar-refractivity contribution in [1.29, 1.82) is 5.26 Å². The minimum atomic E-state index is -0.991. The summed E-state index contributed by atoms with van der Waals surface area (Å²) < 4.78 is 1.56. The number of allylic oxidation sites excluding steroid dienone is 1. The van der Waals surface area contributed by atoms with Gasteiger partial charge in [0.1, 0.15) is 5.65 Å². The van der Waals surface area contributed by atoms with Gasteiger partial charge >= 0.3 is 5.97 Å². The number of nitriles is 1. The third-order valence-electron chi connectivity index (χ3n) is 7.21. The Morgan fingerprint density at radius 1 is 1.14 bits per heavy atom. The number of aryl methyl sites for hydroxylation is 2. The van der Waals surface area contributed by atoms with Gasteiger partial charge in [-0.3, -0.25) is 9.20 Å². The van der Waals surface area contributed by atoms with Crippen molar-refractivity contribution in [3.63, 3.8) is 0 Å². The largest absolute Gasteiger partial charge is 0.478 e. The molecule has 0 aliphatic heterocycles. The molecule has 0 radical (unpaired) electrons. The van der Waals surface area contributed by atoms with Crippen molar-refractivity contribution in [3.8, 4) is 6.07 Å². The molecule has 44 heavy (non-hydrogen) atoms. The van der Waals surface area contributed by atoms with Gasteiger partial charge in [0.25, 0.3) is 5.56 Å². The molecule has 0 aliphatic rings. The van der Waals surface area contributed by atoms with Crippen LogP contribution in [0.4, 0.5) is 11.4 Å². The Hall–Kier alpha value is -5.16. The predicted octanol–water partition coefficient (Wildman–Crippen LogP) is 7.40. The van der Waals surface area contributed by atoms with Crippen LogP contribution in [0.5, 0.6) is 0 Å². The summed E-state index contributed by atoms with van der Waals surface area (Å²) in [4.78, 5) is 30.9. The molecule has 1 atom stereocenters. The normalized spacial score (nSPS) is 11.4. The highest BCUT2D eigenvalue weighted by atomic mass is 16.4. The molecule has 8 nitrogen and oxygen atoms in total. The van der Waals surface area contributed by atoms with Crippen molar-refractivity contribution in [3.05, 3.63) is 129 Å². The molecule has 0 spiro atoms. The summed E-state index contributed by atoms with van der Waals surface area (Å²) in [5.41, 5.74) is 6.12. The topological polar surface area (TPSA) is 111 Å². The number of rotatable bonds is 11. The van der Waals surface area contributed by atoms with E-state index in [4.69, 9.17) is 5.26 Å². The highest BCUT2D eigenvalue weighted by molar-refractivity contribution is 5.94. The Kier molecular flexibility index (Phi) is 12.0. The maximum atomic E-state index is 12.6. The Bertz CT molecular complexity index is 1730. The number of benzene rings is 2. The molecule has 4 rings (SSSR count). The van der Waals surface area contributed by atoms with Crippen LogP contribution in [0.3, 0.4) is 0 Å². The van der Waals surface area contributed by atoms with Crippen molar-refractivity contribution in [2.75, 3.05) is 23.3 Å². The number of hydrogen-bond acceptors (Lipinski definition) is 6. The standard InChI is InChI=1S/C20H21N3O3.C16H20N2/c1-11-9-16(18-22-13(3)12(2)19(24)23(18)10-11)14(4)21-17-8-6-5-7-15(17)20(25)26;1-3-5-6-7-13-18(12-4-2)16-10-8-15(14-17)9-11-16/h5-10,14,21H,1-4H3,(H,25,26);4,6-11H,2-3,5,12-13H2,1H3/b;7-6-. The molecule has 0 saturated carbocycles. The number of anilines is 2. The third-order valence-corrected chi connectivity index (χ3v) is 7.21. The SMILES string of the molecule is C=CCN(C/C=C\CCC)c1ccc(C#N)cc1.Cc1cc(C(C)Nc2ccccc2C(=O)O)c2nc(C)c(C)c(=O)n2c1. The average Bonchev–Trinajstić information content (AvgIpc) is 3.02. The zero-order chi connectivity index (χ0) is 32.2. The van der Waals surface area contributed by atoms with Gasteiger partial charge in [-0.2, -0.15) is 5.26 Å². The summed E-state index contributed by atoms with van der Waals surface area (Å²) in [6.07, 6.45) is 10.4. The lowest BCUT2D eigenvalue weighted by atomic mass is 10.1. The van der Waals surface area contributed by atoms with Crippen LogP contribution in [0.1, 0.15) is 71.0 Å². The fourth-order valence-corrected chi connectivity index (χ4v) is 4.70. The van der Waals surface area contributed by atoms with E-state index in [1.165, 1.54) is 6.42 Å². The van der Waals surface area contributed by atoms with Crippen molar-refractivity contribution in [2.24, 2.45) is 0 Å². The lowest BCUT2D eigenvalue weighted by molar-refractivity contribution is 0.0698. The second-order valence-electron chi connectivity index (χ2n) is 10.6. The van der Waals surface area contributed by atoms with E-state index < -0.39 is 5.97 Å². The first-order chi connectivity index (χ1) is 21.1. The summed E-state index contributed by atoms with van der Waals surface area (Å²) in [5, 5.41) is 21.4. The molecule has 2 heterocycles. The maximum Gasteiger partial charge on any atom is 0.337 e. The van der Waals surface area contributed by atoms with Crippen LogP contribution in [0, 0.1) is 32.1 Å². The molecule has 2 N–H and O–H groups in total. The minimum absolute atomic E-state index is 0.0874. The second kappa shape index (κ2) is 15.9. The number of nitrogens with one attached hydrogen (secondary N) is 1. The number of unbranched alkanes of at least 4 members (excludes halogenated alkanes) is 1. The van der Waals surface area contributed by atoms with E-state index in [0.29, 0.717) is 28.2 Å². The molecule has 1 unspecified atom stereocenters. The van der Waals surface area contributed by atoms with E-state index >= 15 is 0 Å². The van der Waals surface area contributed by atoms with E-state index in [-0.39, 0.29) is 17.2 Å². The van der Waals surface area contributed by atoms with Gasteiger partial charge in [0.2, 0.25) is 0 Å². The number of aromatic nitrogens is 2. The summed E-state index contributed by atoms with van der Waals surface area (Å²) in [6, 6.07) is 18.3. The van der Waals surface area contributed by atoms with Gasteiger partial charge in [0.15, 0.2) is 0 Å². The van der Waals surface area contributed by atoms with Gasteiger partial charge in [-0.1, -0.05) is 43.7 Å². The van der Waals surface area contributed by atoms with E-state index in [1.807, 2.05) is 57.2 Å². The zero-order valence-corrected chi connectivity index (χ0v) is 26.2. The number of carboxylic acids is 1. The predicted molar refractivity (Wildman–Crippen MR) is 179 cm³/mol. The quantitative estimate of drug-likeness (QED) is 0.175. The van der Waals surface area contributed by atoms with Crippen molar-refractivity contribution in [2.45, 2.75) is 53.5 Å². The smallest absolute Gasteiger partial charge is 0.337 e. The molecule has 8 heteroatoms. The number of hydrogen-bond donors (Lipinski definition) is 2. The first kappa shape index (κ1) is 33.3. The van der Waals surface area contributed by atoms with Gasteiger partial charge in [-0.05, 0) is 82.1 Å². The highest BCUT2D eigenvalue weighted by Crippen LogP contribution is 2.25. The number of carbonyl (C=O) groups is 1. The number of para-hydroxylation sites is 1. The molecule has 2 aromatic heterocycles. The van der Waals surface area contributed by atoms with Crippen LogP contribution in [-0.4, -0.2) is 33.6 Å². The van der Waals surface area contributed by atoms with E-state index in [1.54, 1.807) is 41.8 Å². The fraction of sp³-hybridized carbons (Fsp3) is 0.278. The number of carboxylic acid groups (broad SMARTS) is 1.